The van der Waals surface area contributed by atoms with Crippen LogP contribution in [0.1, 0.15) is 43.1 Å². The molecule has 138 valence electrons. The molecule has 1 N–H and O–H groups in total. The predicted molar refractivity (Wildman–Crippen MR) is 107 cm³/mol. The molecule has 0 fully saturated rings. The first-order valence-corrected chi connectivity index (χ1v) is 9.09. The summed E-state index contributed by atoms with van der Waals surface area (Å²) in [5, 5.41) is 4.04. The number of carbonyl (C=O) groups is 1. The van der Waals surface area contributed by atoms with Gasteiger partial charge in [0.1, 0.15) is 5.75 Å². The lowest BCUT2D eigenvalue weighted by Gasteiger charge is -2.20. The van der Waals surface area contributed by atoms with Crippen molar-refractivity contribution in [2.45, 2.75) is 27.2 Å². The third-order valence-electron chi connectivity index (χ3n) is 3.99. The molecule has 5 heteroatoms. The molecule has 2 aromatic carbocycles. The lowest BCUT2D eigenvalue weighted by atomic mass is 10.2. The van der Waals surface area contributed by atoms with E-state index in [1.807, 2.05) is 12.1 Å². The van der Waals surface area contributed by atoms with Gasteiger partial charge in [0.05, 0.1) is 12.8 Å². The molecule has 26 heavy (non-hydrogen) atoms. The quantitative estimate of drug-likeness (QED) is 0.546. The van der Waals surface area contributed by atoms with Gasteiger partial charge in [-0.3, -0.25) is 4.79 Å². The summed E-state index contributed by atoms with van der Waals surface area (Å²) in [5.74, 6) is 0.517. The van der Waals surface area contributed by atoms with Crippen LogP contribution in [-0.2, 0) is 0 Å². The highest BCUT2D eigenvalue weighted by atomic mass is 16.5. The van der Waals surface area contributed by atoms with Gasteiger partial charge in [0.25, 0.3) is 5.91 Å². The Morgan fingerprint density at radius 1 is 1.04 bits per heavy atom. The molecule has 0 bridgehead atoms. The number of ether oxygens (including phenoxy) is 1. The molecule has 0 unspecified atom stereocenters. The van der Waals surface area contributed by atoms with E-state index in [2.05, 4.69) is 48.3 Å². The summed E-state index contributed by atoms with van der Waals surface area (Å²) in [5.41, 5.74) is 5.21. The zero-order valence-corrected chi connectivity index (χ0v) is 15.7. The lowest BCUT2D eigenvalue weighted by Crippen LogP contribution is -2.21. The number of nitrogens with one attached hydrogen (secondary N) is 1. The molecule has 0 aliphatic rings. The maximum absolute atomic E-state index is 12.1. The summed E-state index contributed by atoms with van der Waals surface area (Å²) in [6, 6.07) is 15.1. The molecule has 0 radical (unpaired) electrons. The van der Waals surface area contributed by atoms with Gasteiger partial charge in [-0.15, -0.1) is 0 Å². The highest BCUT2D eigenvalue weighted by molar-refractivity contribution is 5.95. The molecule has 0 saturated heterocycles. The van der Waals surface area contributed by atoms with Gasteiger partial charge in [0.15, 0.2) is 0 Å². The SMILES string of the molecule is CCCOc1ccc(C(=O)N/N=C\c2ccc(N(CC)CC)cc2)cc1. The summed E-state index contributed by atoms with van der Waals surface area (Å²) in [6.45, 7) is 8.94. The Hall–Kier alpha value is -2.82. The molecule has 1 amide bonds. The number of benzene rings is 2. The van der Waals surface area contributed by atoms with Gasteiger partial charge < -0.3 is 9.64 Å². The molecule has 0 spiro atoms. The van der Waals surface area contributed by atoms with E-state index in [4.69, 9.17) is 4.74 Å². The number of hydrazone groups is 1. The fourth-order valence-electron chi connectivity index (χ4n) is 2.51. The molecule has 0 aliphatic carbocycles. The molecule has 0 aliphatic heterocycles. The van der Waals surface area contributed by atoms with Crippen LogP contribution in [0.25, 0.3) is 0 Å². The van der Waals surface area contributed by atoms with Crippen LogP contribution in [0.3, 0.4) is 0 Å². The predicted octanol–water partition coefficient (Wildman–Crippen LogP) is 4.09. The van der Waals surface area contributed by atoms with Crippen LogP contribution in [0, 0.1) is 0 Å². The van der Waals surface area contributed by atoms with Gasteiger partial charge >= 0.3 is 0 Å². The largest absolute Gasteiger partial charge is 0.494 e. The van der Waals surface area contributed by atoms with E-state index in [1.165, 1.54) is 5.69 Å². The highest BCUT2D eigenvalue weighted by Gasteiger charge is 2.04. The minimum absolute atomic E-state index is 0.247. The minimum atomic E-state index is -0.247. The molecule has 0 saturated carbocycles. The van der Waals surface area contributed by atoms with Gasteiger partial charge in [0, 0.05) is 24.3 Å². The van der Waals surface area contributed by atoms with Crippen LogP contribution >= 0.6 is 0 Å². The number of hydrogen-bond donors (Lipinski definition) is 1. The normalized spacial score (nSPS) is 10.7. The first-order chi connectivity index (χ1) is 12.7. The molecular formula is C21H27N3O2. The minimum Gasteiger partial charge on any atom is -0.494 e. The van der Waals surface area contributed by atoms with E-state index in [-0.39, 0.29) is 5.91 Å². The number of rotatable bonds is 9. The average Bonchev–Trinajstić information content (AvgIpc) is 2.69. The topological polar surface area (TPSA) is 53.9 Å². The van der Waals surface area contributed by atoms with Crippen LogP contribution in [-0.4, -0.2) is 31.8 Å². The van der Waals surface area contributed by atoms with E-state index < -0.39 is 0 Å². The zero-order valence-electron chi connectivity index (χ0n) is 15.7. The van der Waals surface area contributed by atoms with E-state index in [0.717, 1.165) is 30.8 Å². The van der Waals surface area contributed by atoms with Gasteiger partial charge in [0.2, 0.25) is 0 Å². The fourth-order valence-corrected chi connectivity index (χ4v) is 2.51. The fraction of sp³-hybridized carbons (Fsp3) is 0.333. The van der Waals surface area contributed by atoms with Gasteiger partial charge in [-0.1, -0.05) is 19.1 Å². The van der Waals surface area contributed by atoms with Crippen molar-refractivity contribution in [3.8, 4) is 5.75 Å². The maximum atomic E-state index is 12.1. The first kappa shape index (κ1) is 19.5. The summed E-state index contributed by atoms with van der Waals surface area (Å²) in [4.78, 5) is 14.4. The second kappa shape index (κ2) is 10.2. The molecule has 0 atom stereocenters. The zero-order chi connectivity index (χ0) is 18.8. The Labute approximate surface area is 155 Å². The Kier molecular flexibility index (Phi) is 7.68. The molecule has 2 rings (SSSR count). The van der Waals surface area contributed by atoms with Crippen LogP contribution in [0.15, 0.2) is 53.6 Å². The molecule has 0 heterocycles. The molecular weight excluding hydrogens is 326 g/mol. The van der Waals surface area contributed by atoms with Crippen molar-refractivity contribution in [3.63, 3.8) is 0 Å². The Morgan fingerprint density at radius 2 is 1.69 bits per heavy atom. The van der Waals surface area contributed by atoms with Crippen molar-refractivity contribution in [2.75, 3.05) is 24.6 Å². The number of anilines is 1. The van der Waals surface area contributed by atoms with Crippen molar-refractivity contribution >= 4 is 17.8 Å². The third kappa shape index (κ3) is 5.62. The summed E-state index contributed by atoms with van der Waals surface area (Å²) >= 11 is 0. The third-order valence-corrected chi connectivity index (χ3v) is 3.99. The monoisotopic (exact) mass is 353 g/mol. The smallest absolute Gasteiger partial charge is 0.271 e. The summed E-state index contributed by atoms with van der Waals surface area (Å²) in [7, 11) is 0. The maximum Gasteiger partial charge on any atom is 0.271 e. The van der Waals surface area contributed by atoms with Crippen molar-refractivity contribution in [3.05, 3.63) is 59.7 Å². The Morgan fingerprint density at radius 3 is 2.27 bits per heavy atom. The lowest BCUT2D eigenvalue weighted by molar-refractivity contribution is 0.0955. The number of nitrogens with zero attached hydrogens (tertiary/aromatic N) is 2. The van der Waals surface area contributed by atoms with Crippen LogP contribution < -0.4 is 15.1 Å². The van der Waals surface area contributed by atoms with Crippen molar-refractivity contribution in [1.82, 2.24) is 5.43 Å². The van der Waals surface area contributed by atoms with E-state index in [9.17, 15) is 4.79 Å². The first-order valence-electron chi connectivity index (χ1n) is 9.09. The van der Waals surface area contributed by atoms with Crippen LogP contribution in [0.4, 0.5) is 5.69 Å². The van der Waals surface area contributed by atoms with Gasteiger partial charge in [-0.05, 0) is 62.2 Å². The molecule has 5 nitrogen and oxygen atoms in total. The van der Waals surface area contributed by atoms with Gasteiger partial charge in [-0.2, -0.15) is 5.10 Å². The van der Waals surface area contributed by atoms with Crippen molar-refractivity contribution in [1.29, 1.82) is 0 Å². The standard InChI is InChI=1S/C21H27N3O2/c1-4-15-26-20-13-9-18(10-14-20)21(25)23-22-16-17-7-11-19(12-8-17)24(5-2)6-3/h7-14,16H,4-6,15H2,1-3H3,(H,23,25)/b22-16-. The Bertz CT molecular complexity index is 705. The number of amides is 1. The van der Waals surface area contributed by atoms with E-state index in [1.54, 1.807) is 30.5 Å². The number of carbonyl (C=O) groups excluding carboxylic acids is 1. The summed E-state index contributed by atoms with van der Waals surface area (Å²) in [6.07, 6.45) is 2.59. The van der Waals surface area contributed by atoms with E-state index >= 15 is 0 Å². The summed E-state index contributed by atoms with van der Waals surface area (Å²) < 4.78 is 5.51. The van der Waals surface area contributed by atoms with Crippen molar-refractivity contribution in [2.24, 2.45) is 5.10 Å². The average molecular weight is 353 g/mol. The highest BCUT2D eigenvalue weighted by Crippen LogP contribution is 2.14. The molecule has 2 aromatic rings. The van der Waals surface area contributed by atoms with Crippen molar-refractivity contribution < 1.29 is 9.53 Å². The van der Waals surface area contributed by atoms with Crippen LogP contribution in [0.5, 0.6) is 5.75 Å². The number of hydrogen-bond acceptors (Lipinski definition) is 4. The van der Waals surface area contributed by atoms with Gasteiger partial charge in [-0.25, -0.2) is 5.43 Å². The van der Waals surface area contributed by atoms with Crippen LogP contribution in [0.2, 0.25) is 0 Å². The second-order valence-corrected chi connectivity index (χ2v) is 5.84. The second-order valence-electron chi connectivity index (χ2n) is 5.84. The van der Waals surface area contributed by atoms with E-state index in [0.29, 0.717) is 12.2 Å². The Balaban J connectivity index is 1.90. The molecule has 0 aromatic heterocycles.